The summed E-state index contributed by atoms with van der Waals surface area (Å²) in [5, 5.41) is 15.4. The van der Waals surface area contributed by atoms with Gasteiger partial charge in [-0.25, -0.2) is 0 Å². The smallest absolute Gasteiger partial charge is 0.0841 e. The van der Waals surface area contributed by atoms with Gasteiger partial charge in [-0.3, -0.25) is 0 Å². The van der Waals surface area contributed by atoms with Crippen LogP contribution in [0.25, 0.3) is 0 Å². The predicted molar refractivity (Wildman–Crippen MR) is 55.0 cm³/mol. The summed E-state index contributed by atoms with van der Waals surface area (Å²) in [6.07, 6.45) is 0.831. The maximum absolute atomic E-state index is 10.1. The third-order valence-electron chi connectivity index (χ3n) is 2.76. The zero-order chi connectivity index (χ0) is 9.26. The van der Waals surface area contributed by atoms with E-state index in [1.165, 1.54) is 4.88 Å². The van der Waals surface area contributed by atoms with E-state index in [1.54, 1.807) is 11.3 Å². The molecule has 1 aromatic rings. The van der Waals surface area contributed by atoms with Crippen LogP contribution in [0, 0.1) is 12.8 Å². The standard InChI is InChI=1S/C10H15NOS/c1-7-9(3-5-13-7)10(12)8-2-4-11-6-8/h3,5,8,10-12H,2,4,6H2,1H3/t8-,10?/m0/s1. The molecule has 1 aromatic heterocycles. The van der Waals surface area contributed by atoms with Gasteiger partial charge in [0.05, 0.1) is 6.10 Å². The molecule has 2 heterocycles. The minimum atomic E-state index is -0.263. The molecule has 0 aromatic carbocycles. The van der Waals surface area contributed by atoms with Crippen LogP contribution < -0.4 is 5.32 Å². The van der Waals surface area contributed by atoms with Gasteiger partial charge in [-0.2, -0.15) is 0 Å². The Morgan fingerprint density at radius 1 is 1.69 bits per heavy atom. The average molecular weight is 197 g/mol. The molecule has 1 aliphatic heterocycles. The molecule has 2 atom stereocenters. The molecule has 1 fully saturated rings. The van der Waals surface area contributed by atoms with Crippen molar-refractivity contribution in [3.63, 3.8) is 0 Å². The normalized spacial score (nSPS) is 24.9. The van der Waals surface area contributed by atoms with Crippen LogP contribution in [0.2, 0.25) is 0 Å². The zero-order valence-corrected chi connectivity index (χ0v) is 8.60. The van der Waals surface area contributed by atoms with E-state index < -0.39 is 0 Å². The largest absolute Gasteiger partial charge is 0.388 e. The number of rotatable bonds is 2. The first kappa shape index (κ1) is 9.19. The maximum atomic E-state index is 10.1. The van der Waals surface area contributed by atoms with E-state index in [2.05, 4.69) is 17.6 Å². The number of hydrogen-bond acceptors (Lipinski definition) is 3. The van der Waals surface area contributed by atoms with Gasteiger partial charge in [0.1, 0.15) is 0 Å². The number of thiophene rings is 1. The van der Waals surface area contributed by atoms with Crippen LogP contribution in [-0.2, 0) is 0 Å². The number of nitrogens with one attached hydrogen (secondary N) is 1. The monoisotopic (exact) mass is 197 g/mol. The van der Waals surface area contributed by atoms with Gasteiger partial charge >= 0.3 is 0 Å². The van der Waals surface area contributed by atoms with Crippen LogP contribution in [0.3, 0.4) is 0 Å². The minimum absolute atomic E-state index is 0.263. The first-order valence-electron chi connectivity index (χ1n) is 4.72. The van der Waals surface area contributed by atoms with Crippen LogP contribution in [0.1, 0.15) is 23.0 Å². The lowest BCUT2D eigenvalue weighted by atomic mass is 9.96. The molecule has 1 aliphatic rings. The second-order valence-electron chi connectivity index (χ2n) is 3.63. The number of aliphatic hydroxyl groups is 1. The van der Waals surface area contributed by atoms with Gasteiger partial charge in [0.15, 0.2) is 0 Å². The molecule has 72 valence electrons. The fourth-order valence-corrected chi connectivity index (χ4v) is 2.65. The van der Waals surface area contributed by atoms with E-state index in [1.807, 2.05) is 6.07 Å². The van der Waals surface area contributed by atoms with Crippen molar-refractivity contribution in [1.82, 2.24) is 5.32 Å². The quantitative estimate of drug-likeness (QED) is 0.756. The van der Waals surface area contributed by atoms with E-state index in [0.717, 1.165) is 25.1 Å². The Bertz CT molecular complexity index is 278. The Kier molecular flexibility index (Phi) is 2.67. The second kappa shape index (κ2) is 3.78. The molecule has 13 heavy (non-hydrogen) atoms. The molecule has 2 nitrogen and oxygen atoms in total. The van der Waals surface area contributed by atoms with Gasteiger partial charge in [-0.05, 0) is 36.9 Å². The van der Waals surface area contributed by atoms with Gasteiger partial charge < -0.3 is 10.4 Å². The molecule has 0 amide bonds. The Balaban J connectivity index is 2.12. The molecular weight excluding hydrogens is 182 g/mol. The summed E-state index contributed by atoms with van der Waals surface area (Å²) in [6, 6.07) is 2.04. The molecule has 3 heteroatoms. The average Bonchev–Trinajstić information content (AvgIpc) is 2.72. The summed E-state index contributed by atoms with van der Waals surface area (Å²) in [7, 11) is 0. The van der Waals surface area contributed by atoms with Crippen LogP contribution in [0.4, 0.5) is 0 Å². The Labute approximate surface area is 82.6 Å². The van der Waals surface area contributed by atoms with E-state index in [4.69, 9.17) is 0 Å². The Hall–Kier alpha value is -0.380. The topological polar surface area (TPSA) is 32.3 Å². The van der Waals surface area contributed by atoms with E-state index in [-0.39, 0.29) is 6.10 Å². The fraction of sp³-hybridized carbons (Fsp3) is 0.600. The molecule has 2 N–H and O–H groups in total. The van der Waals surface area contributed by atoms with Crippen LogP contribution in [-0.4, -0.2) is 18.2 Å². The highest BCUT2D eigenvalue weighted by Crippen LogP contribution is 2.30. The minimum Gasteiger partial charge on any atom is -0.388 e. The lowest BCUT2D eigenvalue weighted by Crippen LogP contribution is -2.16. The Morgan fingerprint density at radius 3 is 3.08 bits per heavy atom. The van der Waals surface area contributed by atoms with Gasteiger partial charge in [-0.15, -0.1) is 11.3 Å². The highest BCUT2D eigenvalue weighted by atomic mass is 32.1. The number of aliphatic hydroxyl groups excluding tert-OH is 1. The molecular formula is C10H15NOS. The van der Waals surface area contributed by atoms with Crippen molar-refractivity contribution in [1.29, 1.82) is 0 Å². The molecule has 2 rings (SSSR count). The maximum Gasteiger partial charge on any atom is 0.0841 e. The molecule has 1 saturated heterocycles. The highest BCUT2D eigenvalue weighted by molar-refractivity contribution is 7.10. The molecule has 0 saturated carbocycles. The summed E-state index contributed by atoms with van der Waals surface area (Å²) >= 11 is 1.71. The molecule has 0 radical (unpaired) electrons. The number of hydrogen-bond donors (Lipinski definition) is 2. The predicted octanol–water partition coefficient (Wildman–Crippen LogP) is 1.70. The molecule has 0 spiro atoms. The third-order valence-corrected chi connectivity index (χ3v) is 3.62. The van der Waals surface area contributed by atoms with Crippen molar-refractivity contribution >= 4 is 11.3 Å². The van der Waals surface area contributed by atoms with Crippen LogP contribution >= 0.6 is 11.3 Å². The molecule has 1 unspecified atom stereocenters. The molecule has 0 bridgehead atoms. The molecule has 0 aliphatic carbocycles. The fourth-order valence-electron chi connectivity index (χ4n) is 1.90. The number of aryl methyl sites for hydroxylation is 1. The van der Waals surface area contributed by atoms with E-state index in [9.17, 15) is 5.11 Å². The van der Waals surface area contributed by atoms with Crippen LogP contribution in [0.5, 0.6) is 0 Å². The third kappa shape index (κ3) is 1.77. The van der Waals surface area contributed by atoms with Gasteiger partial charge in [0, 0.05) is 17.3 Å². The van der Waals surface area contributed by atoms with Crippen molar-refractivity contribution in [3.8, 4) is 0 Å². The second-order valence-corrected chi connectivity index (χ2v) is 4.75. The lowest BCUT2D eigenvalue weighted by molar-refractivity contribution is 0.118. The highest BCUT2D eigenvalue weighted by Gasteiger charge is 2.25. The van der Waals surface area contributed by atoms with Gasteiger partial charge in [-0.1, -0.05) is 0 Å². The first-order valence-corrected chi connectivity index (χ1v) is 5.60. The SMILES string of the molecule is Cc1sccc1C(O)[C@H]1CCNC1. The lowest BCUT2D eigenvalue weighted by Gasteiger charge is -2.16. The van der Waals surface area contributed by atoms with Crippen LogP contribution in [0.15, 0.2) is 11.4 Å². The summed E-state index contributed by atoms with van der Waals surface area (Å²) < 4.78 is 0. The Morgan fingerprint density at radius 2 is 2.54 bits per heavy atom. The van der Waals surface area contributed by atoms with E-state index >= 15 is 0 Å². The van der Waals surface area contributed by atoms with Crippen molar-refractivity contribution in [2.75, 3.05) is 13.1 Å². The van der Waals surface area contributed by atoms with Gasteiger partial charge in [0.2, 0.25) is 0 Å². The van der Waals surface area contributed by atoms with Crippen molar-refractivity contribution in [2.45, 2.75) is 19.4 Å². The summed E-state index contributed by atoms with van der Waals surface area (Å²) in [6.45, 7) is 4.08. The summed E-state index contributed by atoms with van der Waals surface area (Å²) in [4.78, 5) is 1.25. The first-order chi connectivity index (χ1) is 6.29. The van der Waals surface area contributed by atoms with Gasteiger partial charge in [0.25, 0.3) is 0 Å². The summed E-state index contributed by atoms with van der Waals surface area (Å²) in [5.41, 5.74) is 1.12. The van der Waals surface area contributed by atoms with Crippen molar-refractivity contribution < 1.29 is 5.11 Å². The van der Waals surface area contributed by atoms with Crippen molar-refractivity contribution in [2.24, 2.45) is 5.92 Å². The zero-order valence-electron chi connectivity index (χ0n) is 7.79. The summed E-state index contributed by atoms with van der Waals surface area (Å²) in [5.74, 6) is 0.410. The van der Waals surface area contributed by atoms with E-state index in [0.29, 0.717) is 5.92 Å². The van der Waals surface area contributed by atoms with Crippen molar-refractivity contribution in [3.05, 3.63) is 21.9 Å².